The first-order valence-electron chi connectivity index (χ1n) is 5.79. The molecule has 1 aromatic rings. The van der Waals surface area contributed by atoms with Gasteiger partial charge in [-0.3, -0.25) is 0 Å². The number of hydrogen-bond acceptors (Lipinski definition) is 3. The Kier molecular flexibility index (Phi) is 6.05. The lowest BCUT2D eigenvalue weighted by atomic mass is 10.2. The lowest BCUT2D eigenvalue weighted by Crippen LogP contribution is -2.07. The van der Waals surface area contributed by atoms with Crippen molar-refractivity contribution in [2.75, 3.05) is 25.1 Å². The zero-order valence-corrected chi connectivity index (χ0v) is 10.0. The van der Waals surface area contributed by atoms with Crippen molar-refractivity contribution in [2.45, 2.75) is 19.8 Å². The van der Waals surface area contributed by atoms with Crippen LogP contribution in [0.4, 0.5) is 10.1 Å². The van der Waals surface area contributed by atoms with Crippen molar-refractivity contribution in [1.29, 1.82) is 5.26 Å². The summed E-state index contributed by atoms with van der Waals surface area (Å²) in [4.78, 5) is 0. The van der Waals surface area contributed by atoms with Crippen molar-refractivity contribution in [2.24, 2.45) is 0 Å². The molecule has 0 heterocycles. The van der Waals surface area contributed by atoms with Gasteiger partial charge in [0, 0.05) is 19.8 Å². The van der Waals surface area contributed by atoms with Crippen molar-refractivity contribution >= 4 is 5.69 Å². The minimum absolute atomic E-state index is 0.333. The largest absolute Gasteiger partial charge is 0.384 e. The van der Waals surface area contributed by atoms with Crippen LogP contribution in [-0.2, 0) is 4.74 Å². The van der Waals surface area contributed by atoms with Gasteiger partial charge in [0.1, 0.15) is 11.9 Å². The molecule has 0 fully saturated rings. The van der Waals surface area contributed by atoms with E-state index in [4.69, 9.17) is 10.00 Å². The number of hydrogen-bond donors (Lipinski definition) is 1. The molecule has 0 bridgehead atoms. The number of anilines is 1. The van der Waals surface area contributed by atoms with Crippen LogP contribution in [0.1, 0.15) is 25.3 Å². The molecule has 0 saturated heterocycles. The Morgan fingerprint density at radius 2 is 2.24 bits per heavy atom. The molecule has 0 radical (unpaired) electrons. The van der Waals surface area contributed by atoms with Gasteiger partial charge >= 0.3 is 0 Å². The fourth-order valence-corrected chi connectivity index (χ4v) is 1.41. The zero-order valence-electron chi connectivity index (χ0n) is 10.0. The molecule has 0 spiro atoms. The summed E-state index contributed by atoms with van der Waals surface area (Å²) in [5.74, 6) is -0.390. The third-order valence-electron chi connectivity index (χ3n) is 2.23. The third-order valence-corrected chi connectivity index (χ3v) is 2.23. The Labute approximate surface area is 101 Å². The van der Waals surface area contributed by atoms with Gasteiger partial charge in [-0.05, 0) is 31.0 Å². The molecule has 92 valence electrons. The van der Waals surface area contributed by atoms with Crippen LogP contribution in [0.15, 0.2) is 18.2 Å². The molecule has 1 aromatic carbocycles. The first-order chi connectivity index (χ1) is 8.27. The van der Waals surface area contributed by atoms with Crippen LogP contribution in [0.25, 0.3) is 0 Å². The highest BCUT2D eigenvalue weighted by Gasteiger charge is 2.02. The zero-order chi connectivity index (χ0) is 12.5. The van der Waals surface area contributed by atoms with Crippen LogP contribution in [0, 0.1) is 17.1 Å². The quantitative estimate of drug-likeness (QED) is 0.740. The molecule has 4 heteroatoms. The van der Waals surface area contributed by atoms with E-state index in [1.54, 1.807) is 6.07 Å². The van der Waals surface area contributed by atoms with Crippen LogP contribution in [0.5, 0.6) is 0 Å². The van der Waals surface area contributed by atoms with Gasteiger partial charge < -0.3 is 10.1 Å². The maximum atomic E-state index is 12.9. The van der Waals surface area contributed by atoms with E-state index in [1.165, 1.54) is 12.1 Å². The van der Waals surface area contributed by atoms with E-state index >= 15 is 0 Å². The molecule has 0 aromatic heterocycles. The Balaban J connectivity index is 2.34. The molecule has 0 aliphatic heterocycles. The Morgan fingerprint density at radius 1 is 1.41 bits per heavy atom. The minimum Gasteiger partial charge on any atom is -0.384 e. The summed E-state index contributed by atoms with van der Waals surface area (Å²) in [5.41, 5.74) is 1.00. The Bertz CT molecular complexity index is 387. The number of nitrogens with one attached hydrogen (secondary N) is 1. The van der Waals surface area contributed by atoms with Crippen LogP contribution in [-0.4, -0.2) is 19.8 Å². The second-order valence-corrected chi connectivity index (χ2v) is 3.69. The van der Waals surface area contributed by atoms with Crippen molar-refractivity contribution < 1.29 is 9.13 Å². The number of nitrogens with zero attached hydrogens (tertiary/aromatic N) is 1. The van der Waals surface area contributed by atoms with Crippen molar-refractivity contribution in [1.82, 2.24) is 0 Å². The first-order valence-corrected chi connectivity index (χ1v) is 5.79. The van der Waals surface area contributed by atoms with E-state index in [1.807, 2.05) is 6.07 Å². The first kappa shape index (κ1) is 13.5. The van der Waals surface area contributed by atoms with Gasteiger partial charge in [-0.15, -0.1) is 0 Å². The number of ether oxygens (including phenoxy) is 1. The molecule has 0 unspecified atom stereocenters. The lowest BCUT2D eigenvalue weighted by Gasteiger charge is -2.08. The fraction of sp³-hybridized carbons (Fsp3) is 0.462. The van der Waals surface area contributed by atoms with E-state index in [-0.39, 0.29) is 0 Å². The van der Waals surface area contributed by atoms with E-state index in [0.29, 0.717) is 24.4 Å². The summed E-state index contributed by atoms with van der Waals surface area (Å²) in [6.07, 6.45) is 1.88. The average molecular weight is 236 g/mol. The van der Waals surface area contributed by atoms with Gasteiger partial charge in [0.05, 0.1) is 11.3 Å². The summed E-state index contributed by atoms with van der Waals surface area (Å²) < 4.78 is 18.2. The van der Waals surface area contributed by atoms with Crippen LogP contribution >= 0.6 is 0 Å². The molecule has 1 rings (SSSR count). The van der Waals surface area contributed by atoms with E-state index in [2.05, 4.69) is 12.2 Å². The molecular formula is C13H17FN2O. The molecule has 0 aliphatic carbocycles. The topological polar surface area (TPSA) is 45.0 Å². The van der Waals surface area contributed by atoms with Crippen molar-refractivity contribution in [3.8, 4) is 6.07 Å². The van der Waals surface area contributed by atoms with Crippen LogP contribution in [0.2, 0.25) is 0 Å². The van der Waals surface area contributed by atoms with Crippen molar-refractivity contribution in [3.05, 3.63) is 29.6 Å². The second kappa shape index (κ2) is 7.64. The third kappa shape index (κ3) is 4.83. The van der Waals surface area contributed by atoms with Gasteiger partial charge in [-0.1, -0.05) is 6.92 Å². The highest BCUT2D eigenvalue weighted by atomic mass is 19.1. The maximum Gasteiger partial charge on any atom is 0.124 e. The molecule has 0 atom stereocenters. The molecule has 0 aliphatic rings. The van der Waals surface area contributed by atoms with E-state index < -0.39 is 5.82 Å². The lowest BCUT2D eigenvalue weighted by molar-refractivity contribution is 0.134. The molecular weight excluding hydrogens is 219 g/mol. The minimum atomic E-state index is -0.390. The standard InChI is InChI=1S/C13H17FN2O/c1-2-7-17-8-3-6-16-13-5-4-12(14)9-11(13)10-15/h4-5,9,16H,2-3,6-8H2,1H3. The van der Waals surface area contributed by atoms with Gasteiger partial charge in [-0.25, -0.2) is 4.39 Å². The van der Waals surface area contributed by atoms with Crippen LogP contribution < -0.4 is 5.32 Å². The van der Waals surface area contributed by atoms with Crippen molar-refractivity contribution in [3.63, 3.8) is 0 Å². The molecule has 0 saturated carbocycles. The van der Waals surface area contributed by atoms with E-state index in [0.717, 1.165) is 19.4 Å². The summed E-state index contributed by atoms with van der Waals surface area (Å²) in [6.45, 7) is 4.25. The van der Waals surface area contributed by atoms with Gasteiger partial charge in [0.25, 0.3) is 0 Å². The monoisotopic (exact) mass is 236 g/mol. The predicted molar refractivity (Wildman–Crippen MR) is 65.3 cm³/mol. The highest BCUT2D eigenvalue weighted by molar-refractivity contribution is 5.57. The summed E-state index contributed by atoms with van der Waals surface area (Å²) >= 11 is 0. The molecule has 17 heavy (non-hydrogen) atoms. The average Bonchev–Trinajstić information content (AvgIpc) is 2.35. The van der Waals surface area contributed by atoms with E-state index in [9.17, 15) is 4.39 Å². The maximum absolute atomic E-state index is 12.9. The number of nitriles is 1. The Morgan fingerprint density at radius 3 is 2.94 bits per heavy atom. The fourth-order valence-electron chi connectivity index (χ4n) is 1.41. The smallest absolute Gasteiger partial charge is 0.124 e. The molecule has 3 nitrogen and oxygen atoms in total. The SMILES string of the molecule is CCCOCCCNc1ccc(F)cc1C#N. The number of benzene rings is 1. The number of halogens is 1. The Hall–Kier alpha value is -1.60. The predicted octanol–water partition coefficient (Wildman–Crippen LogP) is 2.93. The normalized spacial score (nSPS) is 9.94. The molecule has 0 amide bonds. The molecule has 1 N–H and O–H groups in total. The summed E-state index contributed by atoms with van der Waals surface area (Å²) in [7, 11) is 0. The second-order valence-electron chi connectivity index (χ2n) is 3.69. The van der Waals surface area contributed by atoms with Gasteiger partial charge in [0.2, 0.25) is 0 Å². The van der Waals surface area contributed by atoms with Crippen LogP contribution in [0.3, 0.4) is 0 Å². The summed E-state index contributed by atoms with van der Waals surface area (Å²) in [6, 6.07) is 6.12. The number of rotatable bonds is 7. The van der Waals surface area contributed by atoms with Gasteiger partial charge in [0.15, 0.2) is 0 Å². The highest BCUT2D eigenvalue weighted by Crippen LogP contribution is 2.15. The summed E-state index contributed by atoms with van der Waals surface area (Å²) in [5, 5.41) is 11.9. The van der Waals surface area contributed by atoms with Gasteiger partial charge in [-0.2, -0.15) is 5.26 Å².